The van der Waals surface area contributed by atoms with Crippen molar-refractivity contribution in [3.05, 3.63) is 29.8 Å². The van der Waals surface area contributed by atoms with Crippen molar-refractivity contribution in [1.29, 1.82) is 0 Å². The zero-order valence-electron chi connectivity index (χ0n) is 11.5. The number of aromatic nitrogens is 2. The van der Waals surface area contributed by atoms with E-state index in [-0.39, 0.29) is 5.82 Å². The molecule has 0 saturated carbocycles. The highest BCUT2D eigenvalue weighted by molar-refractivity contribution is 5.76. The fourth-order valence-electron chi connectivity index (χ4n) is 2.80. The number of hydrogen-bond donors (Lipinski definition) is 1. The smallest absolute Gasteiger partial charge is 0.125 e. The van der Waals surface area contributed by atoms with Crippen molar-refractivity contribution in [2.75, 3.05) is 13.1 Å². The lowest BCUT2D eigenvalue weighted by Crippen LogP contribution is -2.45. The number of nitrogens with zero attached hydrogens (tertiary/aromatic N) is 2. The quantitative estimate of drug-likeness (QED) is 0.917. The lowest BCUT2D eigenvalue weighted by atomic mass is 9.88. The number of benzene rings is 1. The second-order valence-electron chi connectivity index (χ2n) is 5.46. The van der Waals surface area contributed by atoms with Gasteiger partial charge in [-0.05, 0) is 37.6 Å². The summed E-state index contributed by atoms with van der Waals surface area (Å²) in [4.78, 5) is 4.69. The van der Waals surface area contributed by atoms with Gasteiger partial charge in [-0.15, -0.1) is 0 Å². The maximum atomic E-state index is 13.3. The van der Waals surface area contributed by atoms with Crippen LogP contribution in [0.2, 0.25) is 0 Å². The SMILES string of the molecule is CCCn1c(C(C)C2CNC2)nc2cc(F)ccc21. The van der Waals surface area contributed by atoms with Crippen LogP contribution in [0.5, 0.6) is 0 Å². The molecule has 0 radical (unpaired) electrons. The fraction of sp³-hybridized carbons (Fsp3) is 0.533. The van der Waals surface area contributed by atoms with E-state index in [9.17, 15) is 4.39 Å². The standard InChI is InChI=1S/C15H20FN3/c1-3-6-19-14-5-4-12(16)7-13(14)18-15(19)10(2)11-8-17-9-11/h4-5,7,10-11,17H,3,6,8-9H2,1-2H3. The van der Waals surface area contributed by atoms with Crippen LogP contribution in [0.4, 0.5) is 4.39 Å². The van der Waals surface area contributed by atoms with Crippen molar-refractivity contribution >= 4 is 11.0 Å². The van der Waals surface area contributed by atoms with Crippen LogP contribution in [0.1, 0.15) is 32.0 Å². The van der Waals surface area contributed by atoms with Gasteiger partial charge in [-0.1, -0.05) is 13.8 Å². The molecular formula is C15H20FN3. The van der Waals surface area contributed by atoms with Crippen molar-refractivity contribution in [1.82, 2.24) is 14.9 Å². The number of imidazole rings is 1. The van der Waals surface area contributed by atoms with Crippen LogP contribution in [-0.4, -0.2) is 22.6 Å². The predicted octanol–water partition coefficient (Wildman–Crippen LogP) is 2.91. The molecule has 1 N–H and O–H groups in total. The highest BCUT2D eigenvalue weighted by Gasteiger charge is 2.28. The number of nitrogens with one attached hydrogen (secondary N) is 1. The Morgan fingerprint density at radius 1 is 1.47 bits per heavy atom. The number of rotatable bonds is 4. The Balaban J connectivity index is 2.08. The number of halogens is 1. The van der Waals surface area contributed by atoms with Crippen LogP contribution in [0.25, 0.3) is 11.0 Å². The lowest BCUT2D eigenvalue weighted by Gasteiger charge is -2.32. The first-order valence-corrected chi connectivity index (χ1v) is 7.07. The minimum atomic E-state index is -0.210. The van der Waals surface area contributed by atoms with Crippen molar-refractivity contribution in [2.24, 2.45) is 5.92 Å². The van der Waals surface area contributed by atoms with Crippen molar-refractivity contribution in [3.63, 3.8) is 0 Å². The minimum absolute atomic E-state index is 0.210. The molecule has 1 atom stereocenters. The molecule has 2 heterocycles. The van der Waals surface area contributed by atoms with Gasteiger partial charge in [0.05, 0.1) is 11.0 Å². The molecule has 0 aliphatic carbocycles. The second kappa shape index (κ2) is 4.93. The van der Waals surface area contributed by atoms with E-state index in [1.165, 1.54) is 12.1 Å². The van der Waals surface area contributed by atoms with Crippen LogP contribution in [0, 0.1) is 11.7 Å². The summed E-state index contributed by atoms with van der Waals surface area (Å²) in [6, 6.07) is 4.91. The number of hydrogen-bond acceptors (Lipinski definition) is 2. The third-order valence-electron chi connectivity index (χ3n) is 4.11. The van der Waals surface area contributed by atoms with E-state index in [1.807, 2.05) is 6.07 Å². The summed E-state index contributed by atoms with van der Waals surface area (Å²) in [5.41, 5.74) is 1.83. The van der Waals surface area contributed by atoms with Gasteiger partial charge in [-0.3, -0.25) is 0 Å². The monoisotopic (exact) mass is 261 g/mol. The molecule has 0 spiro atoms. The van der Waals surface area contributed by atoms with Gasteiger partial charge in [0, 0.05) is 18.5 Å². The summed E-state index contributed by atoms with van der Waals surface area (Å²) in [5, 5.41) is 3.31. The Kier molecular flexibility index (Phi) is 3.27. The molecule has 1 aliphatic rings. The number of aryl methyl sites for hydroxylation is 1. The predicted molar refractivity (Wildman–Crippen MR) is 74.8 cm³/mol. The zero-order valence-corrected chi connectivity index (χ0v) is 11.5. The maximum Gasteiger partial charge on any atom is 0.125 e. The van der Waals surface area contributed by atoms with Gasteiger partial charge in [-0.25, -0.2) is 9.37 Å². The van der Waals surface area contributed by atoms with Crippen LogP contribution in [-0.2, 0) is 6.54 Å². The Morgan fingerprint density at radius 3 is 2.89 bits per heavy atom. The molecule has 2 aromatic rings. The van der Waals surface area contributed by atoms with Crippen LogP contribution >= 0.6 is 0 Å². The van der Waals surface area contributed by atoms with Gasteiger partial charge in [-0.2, -0.15) is 0 Å². The Labute approximate surface area is 112 Å². The molecule has 0 bridgehead atoms. The van der Waals surface area contributed by atoms with E-state index in [2.05, 4.69) is 23.7 Å². The summed E-state index contributed by atoms with van der Waals surface area (Å²) in [5.74, 6) is 1.97. The molecule has 0 amide bonds. The summed E-state index contributed by atoms with van der Waals surface area (Å²) in [7, 11) is 0. The highest BCUT2D eigenvalue weighted by Crippen LogP contribution is 2.29. The van der Waals surface area contributed by atoms with E-state index < -0.39 is 0 Å². The van der Waals surface area contributed by atoms with E-state index in [0.29, 0.717) is 11.8 Å². The average molecular weight is 261 g/mol. The molecule has 3 rings (SSSR count). The average Bonchev–Trinajstić information content (AvgIpc) is 2.65. The molecule has 1 saturated heterocycles. The Hall–Kier alpha value is -1.42. The molecule has 1 aromatic carbocycles. The van der Waals surface area contributed by atoms with Gasteiger partial charge >= 0.3 is 0 Å². The lowest BCUT2D eigenvalue weighted by molar-refractivity contribution is 0.291. The normalized spacial score (nSPS) is 17.6. The van der Waals surface area contributed by atoms with Crippen molar-refractivity contribution in [3.8, 4) is 0 Å². The van der Waals surface area contributed by atoms with E-state index in [4.69, 9.17) is 4.98 Å². The first kappa shape index (κ1) is 12.6. The Morgan fingerprint density at radius 2 is 2.26 bits per heavy atom. The van der Waals surface area contributed by atoms with Gasteiger partial charge in [0.25, 0.3) is 0 Å². The molecule has 102 valence electrons. The third-order valence-corrected chi connectivity index (χ3v) is 4.11. The molecule has 19 heavy (non-hydrogen) atoms. The summed E-state index contributed by atoms with van der Waals surface area (Å²) >= 11 is 0. The minimum Gasteiger partial charge on any atom is -0.328 e. The molecule has 1 aromatic heterocycles. The maximum absolute atomic E-state index is 13.3. The first-order valence-electron chi connectivity index (χ1n) is 7.07. The largest absolute Gasteiger partial charge is 0.328 e. The fourth-order valence-corrected chi connectivity index (χ4v) is 2.80. The molecular weight excluding hydrogens is 241 g/mol. The summed E-state index contributed by atoms with van der Waals surface area (Å²) in [6.07, 6.45) is 1.06. The van der Waals surface area contributed by atoms with E-state index in [1.54, 1.807) is 0 Å². The molecule has 3 nitrogen and oxygen atoms in total. The first-order chi connectivity index (χ1) is 9.20. The van der Waals surface area contributed by atoms with Gasteiger partial charge < -0.3 is 9.88 Å². The van der Waals surface area contributed by atoms with Gasteiger partial charge in [0.15, 0.2) is 0 Å². The van der Waals surface area contributed by atoms with Crippen molar-refractivity contribution < 1.29 is 4.39 Å². The van der Waals surface area contributed by atoms with E-state index in [0.717, 1.165) is 42.9 Å². The van der Waals surface area contributed by atoms with Crippen molar-refractivity contribution in [2.45, 2.75) is 32.7 Å². The van der Waals surface area contributed by atoms with Crippen LogP contribution < -0.4 is 5.32 Å². The second-order valence-corrected chi connectivity index (χ2v) is 5.46. The van der Waals surface area contributed by atoms with E-state index >= 15 is 0 Å². The van der Waals surface area contributed by atoms with Gasteiger partial charge in [0.1, 0.15) is 11.6 Å². The third kappa shape index (κ3) is 2.14. The number of fused-ring (bicyclic) bond motifs is 1. The van der Waals surface area contributed by atoms with Gasteiger partial charge in [0.2, 0.25) is 0 Å². The molecule has 1 fully saturated rings. The summed E-state index contributed by atoms with van der Waals surface area (Å²) < 4.78 is 15.6. The Bertz CT molecular complexity index is 586. The topological polar surface area (TPSA) is 29.9 Å². The highest BCUT2D eigenvalue weighted by atomic mass is 19.1. The molecule has 1 aliphatic heterocycles. The van der Waals surface area contributed by atoms with Crippen LogP contribution in [0.3, 0.4) is 0 Å². The molecule has 1 unspecified atom stereocenters. The molecule has 4 heteroatoms. The summed E-state index contributed by atoms with van der Waals surface area (Å²) in [6.45, 7) is 7.46. The van der Waals surface area contributed by atoms with Crippen LogP contribution in [0.15, 0.2) is 18.2 Å². The zero-order chi connectivity index (χ0) is 13.4.